The third kappa shape index (κ3) is 6.86. The zero-order valence-electron chi connectivity index (χ0n) is 12.2. The minimum Gasteiger partial charge on any atom is -0.468 e. The van der Waals surface area contributed by atoms with Crippen molar-refractivity contribution in [1.29, 1.82) is 0 Å². The van der Waals surface area contributed by atoms with E-state index in [0.29, 0.717) is 6.54 Å². The molecule has 0 spiro atoms. The van der Waals surface area contributed by atoms with E-state index in [2.05, 4.69) is 10.6 Å². The van der Waals surface area contributed by atoms with Crippen molar-refractivity contribution in [3.63, 3.8) is 0 Å². The van der Waals surface area contributed by atoms with Gasteiger partial charge in [-0.25, -0.2) is 4.79 Å². The molecule has 108 valence electrons. The van der Waals surface area contributed by atoms with E-state index in [1.807, 2.05) is 39.8 Å². The third-order valence-electron chi connectivity index (χ3n) is 2.44. The van der Waals surface area contributed by atoms with E-state index in [9.17, 15) is 4.79 Å². The smallest absolute Gasteiger partial charge is 0.407 e. The molecule has 1 aromatic heterocycles. The zero-order chi connectivity index (χ0) is 14.3. The summed E-state index contributed by atoms with van der Waals surface area (Å²) in [6.45, 7) is 8.97. The number of carbonyl (C=O) groups excluding carboxylic acids is 1. The molecule has 1 rings (SSSR count). The molecule has 0 radical (unpaired) electrons. The van der Waals surface area contributed by atoms with Gasteiger partial charge in [-0.05, 0) is 52.8 Å². The lowest BCUT2D eigenvalue weighted by Gasteiger charge is -2.19. The number of carbonyl (C=O) groups is 1. The van der Waals surface area contributed by atoms with Gasteiger partial charge in [-0.1, -0.05) is 0 Å². The minimum absolute atomic E-state index is 0.177. The summed E-state index contributed by atoms with van der Waals surface area (Å²) in [5.74, 6) is 0.917. The summed E-state index contributed by atoms with van der Waals surface area (Å²) in [4.78, 5) is 11.4. The minimum atomic E-state index is -0.448. The normalized spacial score (nSPS) is 13.1. The molecule has 0 unspecified atom stereocenters. The van der Waals surface area contributed by atoms with E-state index in [-0.39, 0.29) is 12.1 Å². The predicted octanol–water partition coefficient (Wildman–Crippen LogP) is 2.85. The summed E-state index contributed by atoms with van der Waals surface area (Å²) in [6.07, 6.45) is 2.13. The van der Waals surface area contributed by atoms with E-state index in [1.54, 1.807) is 6.26 Å². The zero-order valence-corrected chi connectivity index (χ0v) is 12.2. The number of hydrogen-bond acceptors (Lipinski definition) is 4. The molecule has 1 atom stereocenters. The Morgan fingerprint density at radius 3 is 2.74 bits per heavy atom. The Morgan fingerprint density at radius 2 is 2.16 bits per heavy atom. The highest BCUT2D eigenvalue weighted by Gasteiger charge is 2.15. The van der Waals surface area contributed by atoms with Crippen LogP contribution < -0.4 is 10.6 Å². The largest absolute Gasteiger partial charge is 0.468 e. The van der Waals surface area contributed by atoms with E-state index in [4.69, 9.17) is 9.15 Å². The van der Waals surface area contributed by atoms with Gasteiger partial charge in [0.25, 0.3) is 0 Å². The van der Waals surface area contributed by atoms with Crippen LogP contribution in [0.2, 0.25) is 0 Å². The molecule has 1 amide bonds. The summed E-state index contributed by atoms with van der Waals surface area (Å²) in [6, 6.07) is 3.99. The van der Waals surface area contributed by atoms with E-state index < -0.39 is 5.60 Å². The summed E-state index contributed by atoms with van der Waals surface area (Å²) < 4.78 is 10.4. The number of furan rings is 1. The molecule has 5 heteroatoms. The van der Waals surface area contributed by atoms with Gasteiger partial charge < -0.3 is 19.8 Å². The molecule has 0 aliphatic carbocycles. The Labute approximate surface area is 114 Å². The topological polar surface area (TPSA) is 63.5 Å². The monoisotopic (exact) mass is 268 g/mol. The molecule has 1 aromatic rings. The van der Waals surface area contributed by atoms with Crippen LogP contribution in [-0.2, 0) is 4.74 Å². The highest BCUT2D eigenvalue weighted by Crippen LogP contribution is 2.11. The Kier molecular flexibility index (Phi) is 5.89. The lowest BCUT2D eigenvalue weighted by Crippen LogP contribution is -2.34. The van der Waals surface area contributed by atoms with Gasteiger partial charge in [0.15, 0.2) is 0 Å². The van der Waals surface area contributed by atoms with Crippen LogP contribution in [0.15, 0.2) is 22.8 Å². The molecular formula is C14H24N2O3. The maximum atomic E-state index is 11.4. The Bertz CT molecular complexity index is 369. The maximum Gasteiger partial charge on any atom is 0.407 e. The van der Waals surface area contributed by atoms with Gasteiger partial charge in [0, 0.05) is 6.54 Å². The first-order valence-corrected chi connectivity index (χ1v) is 6.62. The third-order valence-corrected chi connectivity index (χ3v) is 2.44. The molecule has 0 saturated heterocycles. The van der Waals surface area contributed by atoms with Crippen molar-refractivity contribution in [3.05, 3.63) is 24.2 Å². The van der Waals surface area contributed by atoms with Crippen LogP contribution in [0.4, 0.5) is 4.79 Å². The van der Waals surface area contributed by atoms with Gasteiger partial charge in [0.1, 0.15) is 11.4 Å². The Morgan fingerprint density at radius 1 is 1.42 bits per heavy atom. The second kappa shape index (κ2) is 7.19. The number of hydrogen-bond donors (Lipinski definition) is 2. The van der Waals surface area contributed by atoms with Crippen LogP contribution in [0.5, 0.6) is 0 Å². The fourth-order valence-corrected chi connectivity index (χ4v) is 1.55. The van der Waals surface area contributed by atoms with Gasteiger partial charge in [-0.2, -0.15) is 0 Å². The van der Waals surface area contributed by atoms with E-state index >= 15 is 0 Å². The maximum absolute atomic E-state index is 11.4. The van der Waals surface area contributed by atoms with Gasteiger partial charge in [0.2, 0.25) is 0 Å². The summed E-state index contributed by atoms with van der Waals surface area (Å²) in [5.41, 5.74) is -0.448. The van der Waals surface area contributed by atoms with Gasteiger partial charge in [-0.3, -0.25) is 0 Å². The van der Waals surface area contributed by atoms with E-state index in [0.717, 1.165) is 18.7 Å². The first-order chi connectivity index (χ1) is 8.88. The first kappa shape index (κ1) is 15.6. The molecule has 19 heavy (non-hydrogen) atoms. The quantitative estimate of drug-likeness (QED) is 0.779. The summed E-state index contributed by atoms with van der Waals surface area (Å²) in [7, 11) is 0. The van der Waals surface area contributed by atoms with Crippen LogP contribution in [0.3, 0.4) is 0 Å². The standard InChI is InChI=1S/C14H24N2O3/c1-11(12-7-5-10-18-12)15-8-6-9-16-13(17)19-14(2,3)4/h5,7,10-11,15H,6,8-9H2,1-4H3,(H,16,17)/t11-/m0/s1. The Hall–Kier alpha value is -1.49. The lowest BCUT2D eigenvalue weighted by molar-refractivity contribution is 0.0527. The van der Waals surface area contributed by atoms with Crippen molar-refractivity contribution in [2.45, 2.75) is 45.8 Å². The average Bonchev–Trinajstić information content (AvgIpc) is 2.79. The second-order valence-electron chi connectivity index (χ2n) is 5.47. The number of nitrogens with one attached hydrogen (secondary N) is 2. The van der Waals surface area contributed by atoms with Crippen molar-refractivity contribution >= 4 is 6.09 Å². The van der Waals surface area contributed by atoms with Crippen molar-refractivity contribution in [3.8, 4) is 0 Å². The Balaban J connectivity index is 2.07. The molecule has 0 fully saturated rings. The van der Waals surface area contributed by atoms with Crippen molar-refractivity contribution < 1.29 is 13.9 Å². The van der Waals surface area contributed by atoms with Crippen molar-refractivity contribution in [2.75, 3.05) is 13.1 Å². The van der Waals surface area contributed by atoms with Gasteiger partial charge in [-0.15, -0.1) is 0 Å². The van der Waals surface area contributed by atoms with E-state index in [1.165, 1.54) is 0 Å². The molecule has 1 heterocycles. The average molecular weight is 268 g/mol. The first-order valence-electron chi connectivity index (χ1n) is 6.62. The van der Waals surface area contributed by atoms with Gasteiger partial charge in [0.05, 0.1) is 12.3 Å². The molecule has 0 bridgehead atoms. The fourth-order valence-electron chi connectivity index (χ4n) is 1.55. The number of ether oxygens (including phenoxy) is 1. The van der Waals surface area contributed by atoms with Crippen molar-refractivity contribution in [1.82, 2.24) is 10.6 Å². The van der Waals surface area contributed by atoms with Gasteiger partial charge >= 0.3 is 6.09 Å². The fraction of sp³-hybridized carbons (Fsp3) is 0.643. The SMILES string of the molecule is C[C@H](NCCCNC(=O)OC(C)(C)C)c1ccco1. The van der Waals surface area contributed by atoms with Crippen LogP contribution in [0, 0.1) is 0 Å². The molecule has 0 aromatic carbocycles. The lowest BCUT2D eigenvalue weighted by atomic mass is 10.2. The highest BCUT2D eigenvalue weighted by atomic mass is 16.6. The van der Waals surface area contributed by atoms with Crippen LogP contribution in [0.25, 0.3) is 0 Å². The molecule has 5 nitrogen and oxygen atoms in total. The summed E-state index contributed by atoms with van der Waals surface area (Å²) in [5, 5.41) is 6.04. The summed E-state index contributed by atoms with van der Waals surface area (Å²) >= 11 is 0. The number of amides is 1. The van der Waals surface area contributed by atoms with Crippen molar-refractivity contribution in [2.24, 2.45) is 0 Å². The number of rotatable bonds is 6. The molecule has 0 aliphatic rings. The highest BCUT2D eigenvalue weighted by molar-refractivity contribution is 5.67. The van der Waals surface area contributed by atoms with Crippen LogP contribution >= 0.6 is 0 Å². The molecule has 0 aliphatic heterocycles. The number of alkyl carbamates (subject to hydrolysis) is 1. The van der Waals surface area contributed by atoms with Crippen LogP contribution in [0.1, 0.15) is 45.9 Å². The molecule has 0 saturated carbocycles. The molecule has 2 N–H and O–H groups in total. The second-order valence-corrected chi connectivity index (χ2v) is 5.47. The predicted molar refractivity (Wildman–Crippen MR) is 74.0 cm³/mol. The molecular weight excluding hydrogens is 244 g/mol. The van der Waals surface area contributed by atoms with Crippen LogP contribution in [-0.4, -0.2) is 24.8 Å².